The number of hydrogen-bond acceptors (Lipinski definition) is 4. The van der Waals surface area contributed by atoms with Crippen molar-refractivity contribution in [3.8, 4) is 0 Å². The van der Waals surface area contributed by atoms with E-state index in [1.807, 2.05) is 6.92 Å². The van der Waals surface area contributed by atoms with Crippen molar-refractivity contribution in [2.24, 2.45) is 11.3 Å². The van der Waals surface area contributed by atoms with Crippen LogP contribution >= 0.6 is 0 Å². The van der Waals surface area contributed by atoms with Crippen LogP contribution in [0.25, 0.3) is 0 Å². The number of aromatic nitrogens is 1. The summed E-state index contributed by atoms with van der Waals surface area (Å²) in [6.45, 7) is 8.63. The van der Waals surface area contributed by atoms with Gasteiger partial charge in [0, 0.05) is 36.7 Å². The molecular weight excluding hydrogens is 445 g/mol. The highest BCUT2D eigenvalue weighted by atomic mass is 19.1. The summed E-state index contributed by atoms with van der Waals surface area (Å²) in [5.74, 6) is 0.695. The fourth-order valence-corrected chi connectivity index (χ4v) is 5.66. The number of carboxylic acids is 1. The molecule has 6 heteroatoms. The lowest BCUT2D eigenvalue weighted by atomic mass is 9.66. The van der Waals surface area contributed by atoms with Gasteiger partial charge in [-0.05, 0) is 79.9 Å². The minimum absolute atomic E-state index is 0.00371. The Morgan fingerprint density at radius 1 is 1.20 bits per heavy atom. The Morgan fingerprint density at radius 3 is 2.51 bits per heavy atom. The third-order valence-corrected chi connectivity index (χ3v) is 7.44. The second-order valence-electron chi connectivity index (χ2n) is 12.1. The van der Waals surface area contributed by atoms with Crippen molar-refractivity contribution in [3.63, 3.8) is 0 Å². The highest BCUT2D eigenvalue weighted by Gasteiger charge is 2.42. The van der Waals surface area contributed by atoms with E-state index in [2.05, 4.69) is 25.9 Å². The van der Waals surface area contributed by atoms with Crippen molar-refractivity contribution in [1.29, 1.82) is 0 Å². The summed E-state index contributed by atoms with van der Waals surface area (Å²) in [6, 6.07) is 4.89. The Balaban J connectivity index is 1.51. The fraction of sp³-hybridized carbons (Fsp3) is 0.621. The van der Waals surface area contributed by atoms with E-state index >= 15 is 0 Å². The van der Waals surface area contributed by atoms with Gasteiger partial charge in [0.05, 0.1) is 5.69 Å². The molecule has 1 aromatic heterocycles. The van der Waals surface area contributed by atoms with Gasteiger partial charge >= 0.3 is 5.97 Å². The number of carbonyl (C=O) groups excluding carboxylic acids is 1. The molecule has 0 aliphatic heterocycles. The van der Waals surface area contributed by atoms with E-state index < -0.39 is 5.97 Å². The Bertz CT molecular complexity index is 1070. The Hall–Kier alpha value is -2.50. The molecule has 2 aliphatic rings. The minimum Gasteiger partial charge on any atom is -0.481 e. The zero-order valence-corrected chi connectivity index (χ0v) is 21.4. The molecule has 190 valence electrons. The molecule has 1 heterocycles. The molecule has 1 aromatic carbocycles. The average molecular weight is 484 g/mol. The van der Waals surface area contributed by atoms with Gasteiger partial charge < -0.3 is 9.63 Å². The maximum Gasteiger partial charge on any atom is 0.303 e. The van der Waals surface area contributed by atoms with Crippen LogP contribution in [0.4, 0.5) is 4.39 Å². The molecule has 2 aromatic rings. The topological polar surface area (TPSA) is 80.4 Å². The molecule has 2 saturated carbocycles. The number of ketones is 1. The normalized spacial score (nSPS) is 20.9. The maximum atomic E-state index is 14.3. The molecule has 1 N–H and O–H groups in total. The van der Waals surface area contributed by atoms with Crippen molar-refractivity contribution in [2.75, 3.05) is 0 Å². The molecule has 0 unspecified atom stereocenters. The lowest BCUT2D eigenvalue weighted by molar-refractivity contribution is -0.137. The van der Waals surface area contributed by atoms with Gasteiger partial charge in [0.25, 0.3) is 0 Å². The van der Waals surface area contributed by atoms with Gasteiger partial charge in [-0.1, -0.05) is 38.1 Å². The second kappa shape index (κ2) is 10.2. The molecule has 2 aliphatic carbocycles. The number of aliphatic carboxylic acids is 1. The van der Waals surface area contributed by atoms with Crippen molar-refractivity contribution >= 4 is 11.8 Å². The third-order valence-electron chi connectivity index (χ3n) is 7.44. The molecule has 2 fully saturated rings. The van der Waals surface area contributed by atoms with E-state index in [4.69, 9.17) is 4.52 Å². The van der Waals surface area contributed by atoms with Gasteiger partial charge in [0.1, 0.15) is 17.4 Å². The Labute approximate surface area is 207 Å². The summed E-state index contributed by atoms with van der Waals surface area (Å²) in [7, 11) is 0. The summed E-state index contributed by atoms with van der Waals surface area (Å²) < 4.78 is 20.2. The lowest BCUT2D eigenvalue weighted by Crippen LogP contribution is -2.26. The average Bonchev–Trinajstić information content (AvgIpc) is 3.47. The number of hydrogen-bond donors (Lipinski definition) is 1. The summed E-state index contributed by atoms with van der Waals surface area (Å²) in [5.41, 5.74) is 3.39. The number of carboxylic acid groups (broad SMARTS) is 1. The largest absolute Gasteiger partial charge is 0.481 e. The first-order chi connectivity index (χ1) is 16.5. The lowest BCUT2D eigenvalue weighted by Gasteiger charge is -2.38. The number of rotatable bonds is 11. The van der Waals surface area contributed by atoms with Crippen LogP contribution in [0.1, 0.15) is 118 Å². The molecule has 0 saturated heterocycles. The van der Waals surface area contributed by atoms with E-state index in [1.54, 1.807) is 12.1 Å². The maximum absolute atomic E-state index is 14.3. The van der Waals surface area contributed by atoms with Crippen LogP contribution in [0.2, 0.25) is 0 Å². The first-order valence-corrected chi connectivity index (χ1v) is 13.0. The standard InChI is InChI=1S/C29H38FNO4/c1-17-5-6-20(24(30)11-17)14-23(32)15-21(9-10-25(33)34)27-26(19-7-8-19)28(35-31-27)22-12-18(13-22)16-29(2,3)4/h5-6,11,18-19,21-22H,7-10,12-16H2,1-4H3,(H,33,34)/t18?,21-,22?/m1/s1. The zero-order chi connectivity index (χ0) is 25.3. The molecule has 35 heavy (non-hydrogen) atoms. The van der Waals surface area contributed by atoms with E-state index in [-0.39, 0.29) is 36.8 Å². The monoisotopic (exact) mass is 483 g/mol. The number of nitrogens with zero attached hydrogens (tertiary/aromatic N) is 1. The van der Waals surface area contributed by atoms with Crippen LogP contribution in [0.3, 0.4) is 0 Å². The van der Waals surface area contributed by atoms with Crippen LogP contribution in [0, 0.1) is 24.1 Å². The van der Waals surface area contributed by atoms with Gasteiger partial charge in [-0.15, -0.1) is 0 Å². The molecule has 0 amide bonds. The SMILES string of the molecule is Cc1ccc(CC(=O)C[C@@H](CCC(=O)O)c2noc(C3CC(CC(C)(C)C)C3)c2C2CC2)c(F)c1. The molecule has 0 bridgehead atoms. The summed E-state index contributed by atoms with van der Waals surface area (Å²) in [4.78, 5) is 24.3. The Morgan fingerprint density at radius 2 is 1.91 bits per heavy atom. The molecular formula is C29H38FNO4. The number of Topliss-reactive ketones (excluding diaryl/α,β-unsaturated/α-hetero) is 1. The third kappa shape index (κ3) is 6.59. The fourth-order valence-electron chi connectivity index (χ4n) is 5.66. The molecule has 0 spiro atoms. The zero-order valence-electron chi connectivity index (χ0n) is 21.4. The van der Waals surface area contributed by atoms with Gasteiger partial charge in [0.15, 0.2) is 0 Å². The smallest absolute Gasteiger partial charge is 0.303 e. The molecule has 5 nitrogen and oxygen atoms in total. The second-order valence-corrected chi connectivity index (χ2v) is 12.1. The summed E-state index contributed by atoms with van der Waals surface area (Å²) in [6.07, 6.45) is 5.95. The number of carbonyl (C=O) groups is 2. The van der Waals surface area contributed by atoms with Crippen LogP contribution < -0.4 is 0 Å². The van der Waals surface area contributed by atoms with Crippen molar-refractivity contribution in [2.45, 2.75) is 103 Å². The minimum atomic E-state index is -0.896. The summed E-state index contributed by atoms with van der Waals surface area (Å²) >= 11 is 0. The number of aryl methyl sites for hydroxylation is 1. The van der Waals surface area contributed by atoms with Crippen molar-refractivity contribution in [1.82, 2.24) is 5.16 Å². The van der Waals surface area contributed by atoms with Gasteiger partial charge in [-0.3, -0.25) is 9.59 Å². The predicted octanol–water partition coefficient (Wildman–Crippen LogP) is 7.08. The molecule has 1 atom stereocenters. The first-order valence-electron chi connectivity index (χ1n) is 13.0. The van der Waals surface area contributed by atoms with Crippen molar-refractivity contribution < 1.29 is 23.6 Å². The molecule has 4 rings (SSSR count). The van der Waals surface area contributed by atoms with Gasteiger partial charge in [-0.25, -0.2) is 4.39 Å². The van der Waals surface area contributed by atoms with E-state index in [9.17, 15) is 19.1 Å². The highest BCUT2D eigenvalue weighted by Crippen LogP contribution is 2.53. The van der Waals surface area contributed by atoms with Crippen LogP contribution in [0.15, 0.2) is 22.7 Å². The van der Waals surface area contributed by atoms with Gasteiger partial charge in [0.2, 0.25) is 0 Å². The van der Waals surface area contributed by atoms with Gasteiger partial charge in [-0.2, -0.15) is 0 Å². The molecule has 0 radical (unpaired) electrons. The van der Waals surface area contributed by atoms with E-state index in [1.165, 1.54) is 12.5 Å². The summed E-state index contributed by atoms with van der Waals surface area (Å²) in [5, 5.41) is 13.8. The van der Waals surface area contributed by atoms with Crippen molar-refractivity contribution in [3.05, 3.63) is 52.2 Å². The van der Waals surface area contributed by atoms with Crippen LogP contribution in [-0.2, 0) is 16.0 Å². The Kier molecular flexibility index (Phi) is 7.48. The number of benzene rings is 1. The number of halogens is 1. The highest BCUT2D eigenvalue weighted by molar-refractivity contribution is 5.82. The van der Waals surface area contributed by atoms with E-state index in [0.29, 0.717) is 35.2 Å². The predicted molar refractivity (Wildman–Crippen MR) is 132 cm³/mol. The van der Waals surface area contributed by atoms with E-state index in [0.717, 1.165) is 48.3 Å². The van der Waals surface area contributed by atoms with Crippen LogP contribution in [0.5, 0.6) is 0 Å². The first kappa shape index (κ1) is 25.6. The quantitative estimate of drug-likeness (QED) is 0.369. The van der Waals surface area contributed by atoms with Crippen LogP contribution in [-0.4, -0.2) is 22.0 Å².